The number of nitrogens with one attached hydrogen (secondary N) is 1. The Hall–Kier alpha value is -2.06. The Morgan fingerprint density at radius 1 is 1.35 bits per heavy atom. The predicted octanol–water partition coefficient (Wildman–Crippen LogP) is 6.71. The highest BCUT2D eigenvalue weighted by Gasteiger charge is 2.32. The van der Waals surface area contributed by atoms with Gasteiger partial charge in [0.15, 0.2) is 5.82 Å². The van der Waals surface area contributed by atoms with Gasteiger partial charge in [0, 0.05) is 21.6 Å². The molecule has 0 saturated carbocycles. The van der Waals surface area contributed by atoms with Crippen molar-refractivity contribution in [2.24, 2.45) is 11.3 Å². The summed E-state index contributed by atoms with van der Waals surface area (Å²) >= 11 is 4.28. The first-order valence-corrected chi connectivity index (χ1v) is 11.9. The summed E-state index contributed by atoms with van der Waals surface area (Å²) in [7, 11) is 0. The number of nitrogens with two attached hydrogens (primary N) is 1. The van der Waals surface area contributed by atoms with Gasteiger partial charge in [-0.25, -0.2) is 13.8 Å². The van der Waals surface area contributed by atoms with E-state index in [1.807, 2.05) is 0 Å². The number of carbonyl (C=O) groups excluding carboxylic acids is 1. The van der Waals surface area contributed by atoms with E-state index in [0.29, 0.717) is 16.4 Å². The molecule has 1 aromatic carbocycles. The van der Waals surface area contributed by atoms with Crippen molar-refractivity contribution in [3.05, 3.63) is 50.4 Å². The zero-order valence-electron chi connectivity index (χ0n) is 17.6. The van der Waals surface area contributed by atoms with Gasteiger partial charge in [-0.15, -0.1) is 11.3 Å². The van der Waals surface area contributed by atoms with Gasteiger partial charge in [-0.1, -0.05) is 27.2 Å². The zero-order valence-corrected chi connectivity index (χ0v) is 20.0. The molecular formula is C23H24BrF2N3OS. The third kappa shape index (κ3) is 4.07. The Balaban J connectivity index is 1.67. The van der Waals surface area contributed by atoms with Gasteiger partial charge in [-0.2, -0.15) is 0 Å². The quantitative estimate of drug-likeness (QED) is 0.412. The molecule has 8 heteroatoms. The smallest absolute Gasteiger partial charge is 0.268 e. The third-order valence-electron chi connectivity index (χ3n) is 6.55. The Morgan fingerprint density at radius 2 is 2.10 bits per heavy atom. The van der Waals surface area contributed by atoms with E-state index < -0.39 is 17.5 Å². The molecule has 2 aromatic heterocycles. The first-order chi connectivity index (χ1) is 14.6. The van der Waals surface area contributed by atoms with Crippen LogP contribution in [0.3, 0.4) is 0 Å². The van der Waals surface area contributed by atoms with Crippen LogP contribution in [0.2, 0.25) is 0 Å². The standard InChI is InChI=1S/C23H24BrF2N3OS/c1-4-23(2,3)12-5-6-17-11(7-12)8-14-18(27)20(31-22(14)28-17)21(30)29-19-15(24)9-13(25)10-16(19)26/h8-10,12H,4-7,27H2,1-3H3,(H,29,30). The number of nitrogens with zero attached hydrogens (tertiary/aromatic N) is 1. The van der Waals surface area contributed by atoms with Gasteiger partial charge in [0.1, 0.15) is 15.5 Å². The summed E-state index contributed by atoms with van der Waals surface area (Å²) in [6.07, 6.45) is 4.07. The second kappa shape index (κ2) is 8.13. The lowest BCUT2D eigenvalue weighted by atomic mass is 9.69. The normalized spacial score (nSPS) is 16.4. The lowest BCUT2D eigenvalue weighted by Gasteiger charge is -2.36. The van der Waals surface area contributed by atoms with Crippen LogP contribution in [0, 0.1) is 23.0 Å². The number of fused-ring (bicyclic) bond motifs is 2. The molecule has 3 N–H and O–H groups in total. The molecule has 1 aliphatic rings. The minimum atomic E-state index is -0.863. The van der Waals surface area contributed by atoms with Crippen molar-refractivity contribution < 1.29 is 13.6 Å². The molecule has 4 rings (SSSR count). The van der Waals surface area contributed by atoms with Crippen LogP contribution in [-0.2, 0) is 12.8 Å². The average Bonchev–Trinajstić information content (AvgIpc) is 3.04. The monoisotopic (exact) mass is 507 g/mol. The van der Waals surface area contributed by atoms with E-state index in [2.05, 4.69) is 48.1 Å². The number of pyridine rings is 1. The van der Waals surface area contributed by atoms with Crippen molar-refractivity contribution >= 4 is 54.8 Å². The van der Waals surface area contributed by atoms with Crippen molar-refractivity contribution in [3.63, 3.8) is 0 Å². The summed E-state index contributed by atoms with van der Waals surface area (Å²) in [5.41, 5.74) is 9.04. The summed E-state index contributed by atoms with van der Waals surface area (Å²) in [6.45, 7) is 6.84. The fourth-order valence-electron chi connectivity index (χ4n) is 4.15. The van der Waals surface area contributed by atoms with E-state index in [-0.39, 0.29) is 20.5 Å². The van der Waals surface area contributed by atoms with Crippen molar-refractivity contribution in [2.75, 3.05) is 11.1 Å². The second-order valence-electron chi connectivity index (χ2n) is 8.77. The number of aromatic nitrogens is 1. The van der Waals surface area contributed by atoms with Gasteiger partial charge in [-0.3, -0.25) is 4.79 Å². The Morgan fingerprint density at radius 3 is 2.77 bits per heavy atom. The molecule has 0 bridgehead atoms. The van der Waals surface area contributed by atoms with Gasteiger partial charge < -0.3 is 11.1 Å². The minimum Gasteiger partial charge on any atom is -0.397 e. The van der Waals surface area contributed by atoms with Crippen molar-refractivity contribution in [3.8, 4) is 0 Å². The van der Waals surface area contributed by atoms with E-state index in [0.717, 1.165) is 48.9 Å². The molecule has 0 aliphatic heterocycles. The number of nitrogen functional groups attached to an aromatic ring is 1. The Bertz CT molecular complexity index is 1170. The molecule has 0 saturated heterocycles. The maximum atomic E-state index is 14.1. The molecule has 164 valence electrons. The highest BCUT2D eigenvalue weighted by atomic mass is 79.9. The summed E-state index contributed by atoms with van der Waals surface area (Å²) in [6, 6.07) is 3.88. The summed E-state index contributed by atoms with van der Waals surface area (Å²) < 4.78 is 27.6. The van der Waals surface area contributed by atoms with Gasteiger partial charge in [0.2, 0.25) is 0 Å². The van der Waals surface area contributed by atoms with Crippen LogP contribution in [0.4, 0.5) is 20.2 Å². The van der Waals surface area contributed by atoms with Crippen molar-refractivity contribution in [1.29, 1.82) is 0 Å². The number of benzene rings is 1. The zero-order chi connectivity index (χ0) is 22.5. The molecule has 0 spiro atoms. The third-order valence-corrected chi connectivity index (χ3v) is 8.29. The lowest BCUT2D eigenvalue weighted by Crippen LogP contribution is -2.29. The molecule has 3 aromatic rings. The predicted molar refractivity (Wildman–Crippen MR) is 126 cm³/mol. The number of anilines is 2. The van der Waals surface area contributed by atoms with Gasteiger partial charge in [-0.05, 0) is 64.2 Å². The fourth-order valence-corrected chi connectivity index (χ4v) is 5.65. The first kappa shape index (κ1) is 22.1. The molecule has 1 unspecified atom stereocenters. The van der Waals surface area contributed by atoms with Gasteiger partial charge in [0.05, 0.1) is 11.4 Å². The van der Waals surface area contributed by atoms with Gasteiger partial charge >= 0.3 is 0 Å². The van der Waals surface area contributed by atoms with Crippen LogP contribution in [-0.4, -0.2) is 10.9 Å². The van der Waals surface area contributed by atoms with Crippen LogP contribution in [0.25, 0.3) is 10.2 Å². The average molecular weight is 508 g/mol. The molecule has 0 radical (unpaired) electrons. The summed E-state index contributed by atoms with van der Waals surface area (Å²) in [5, 5.41) is 3.26. The molecule has 31 heavy (non-hydrogen) atoms. The topological polar surface area (TPSA) is 68.0 Å². The first-order valence-electron chi connectivity index (χ1n) is 10.3. The van der Waals surface area contributed by atoms with Crippen LogP contribution >= 0.6 is 27.3 Å². The SMILES string of the molecule is CCC(C)(C)C1CCc2nc3sc(C(=O)Nc4c(F)cc(F)cc4Br)c(N)c3cc2C1. The highest BCUT2D eigenvalue weighted by molar-refractivity contribution is 9.10. The second-order valence-corrected chi connectivity index (χ2v) is 10.6. The number of thiophene rings is 1. The van der Waals surface area contributed by atoms with Gasteiger partial charge in [0.25, 0.3) is 5.91 Å². The maximum Gasteiger partial charge on any atom is 0.268 e. The summed E-state index contributed by atoms with van der Waals surface area (Å²) in [4.78, 5) is 18.6. The number of aryl methyl sites for hydroxylation is 1. The number of carbonyl (C=O) groups is 1. The molecule has 0 fully saturated rings. The molecule has 1 amide bonds. The van der Waals surface area contributed by atoms with Crippen molar-refractivity contribution in [2.45, 2.75) is 46.5 Å². The van der Waals surface area contributed by atoms with E-state index >= 15 is 0 Å². The Kier molecular flexibility index (Phi) is 5.81. The van der Waals surface area contributed by atoms with E-state index in [1.165, 1.54) is 16.9 Å². The van der Waals surface area contributed by atoms with Crippen LogP contribution < -0.4 is 11.1 Å². The number of halogens is 3. The molecule has 2 heterocycles. The van der Waals surface area contributed by atoms with E-state index in [1.54, 1.807) is 0 Å². The summed E-state index contributed by atoms with van der Waals surface area (Å²) in [5.74, 6) is -1.57. The number of amides is 1. The molecule has 1 aliphatic carbocycles. The maximum absolute atomic E-state index is 14.1. The number of hydrogen-bond acceptors (Lipinski definition) is 4. The largest absolute Gasteiger partial charge is 0.397 e. The molecule has 4 nitrogen and oxygen atoms in total. The number of rotatable bonds is 4. The van der Waals surface area contributed by atoms with E-state index in [9.17, 15) is 13.6 Å². The van der Waals surface area contributed by atoms with Crippen molar-refractivity contribution in [1.82, 2.24) is 4.98 Å². The number of hydrogen-bond donors (Lipinski definition) is 2. The lowest BCUT2D eigenvalue weighted by molar-refractivity contribution is 0.103. The molecule has 1 atom stereocenters. The molecular weight excluding hydrogens is 484 g/mol. The Labute approximate surface area is 192 Å². The van der Waals surface area contributed by atoms with Crippen LogP contribution in [0.15, 0.2) is 22.7 Å². The van der Waals surface area contributed by atoms with Crippen LogP contribution in [0.1, 0.15) is 54.5 Å². The highest BCUT2D eigenvalue weighted by Crippen LogP contribution is 2.42. The minimum absolute atomic E-state index is 0.121. The van der Waals surface area contributed by atoms with Crippen LogP contribution in [0.5, 0.6) is 0 Å². The van der Waals surface area contributed by atoms with E-state index in [4.69, 9.17) is 10.7 Å². The fraction of sp³-hybridized carbons (Fsp3) is 0.391.